The molecule has 2 amide bonds. The second-order valence-electron chi connectivity index (χ2n) is 3.68. The Bertz CT molecular complexity index is 365. The number of hydrogen-bond donors (Lipinski definition) is 3. The molecule has 17 heavy (non-hydrogen) atoms. The highest BCUT2D eigenvalue weighted by atomic mass is 16.2. The zero-order chi connectivity index (χ0) is 12.5. The van der Waals surface area contributed by atoms with Crippen LogP contribution in [0.1, 0.15) is 24.8 Å². The van der Waals surface area contributed by atoms with Crippen molar-refractivity contribution in [3.05, 3.63) is 35.9 Å². The van der Waals surface area contributed by atoms with E-state index in [-0.39, 0.29) is 18.2 Å². The van der Waals surface area contributed by atoms with E-state index in [0.29, 0.717) is 19.4 Å². The van der Waals surface area contributed by atoms with Crippen molar-refractivity contribution in [2.24, 2.45) is 5.84 Å². The average Bonchev–Trinajstić information content (AvgIpc) is 2.37. The van der Waals surface area contributed by atoms with Gasteiger partial charge in [-0.05, 0) is 12.0 Å². The van der Waals surface area contributed by atoms with Gasteiger partial charge < -0.3 is 5.32 Å². The first-order valence-electron chi connectivity index (χ1n) is 5.52. The molecule has 0 fully saturated rings. The summed E-state index contributed by atoms with van der Waals surface area (Å²) in [6.07, 6.45) is 1.11. The van der Waals surface area contributed by atoms with E-state index < -0.39 is 0 Å². The van der Waals surface area contributed by atoms with Crippen LogP contribution in [0.4, 0.5) is 0 Å². The lowest BCUT2D eigenvalue weighted by atomic mass is 10.2. The van der Waals surface area contributed by atoms with Crippen molar-refractivity contribution in [3.63, 3.8) is 0 Å². The maximum Gasteiger partial charge on any atom is 0.233 e. The van der Waals surface area contributed by atoms with Crippen LogP contribution in [0.2, 0.25) is 0 Å². The Morgan fingerprint density at radius 1 is 1.06 bits per heavy atom. The summed E-state index contributed by atoms with van der Waals surface area (Å²) in [5, 5.41) is 2.79. The van der Waals surface area contributed by atoms with Gasteiger partial charge in [0, 0.05) is 19.4 Å². The fraction of sp³-hybridized carbons (Fsp3) is 0.333. The Hall–Kier alpha value is -1.88. The Morgan fingerprint density at radius 2 is 1.71 bits per heavy atom. The van der Waals surface area contributed by atoms with E-state index in [9.17, 15) is 9.59 Å². The number of amides is 2. The Morgan fingerprint density at radius 3 is 2.35 bits per heavy atom. The molecule has 0 aromatic heterocycles. The van der Waals surface area contributed by atoms with Crippen LogP contribution in [0.25, 0.3) is 0 Å². The van der Waals surface area contributed by atoms with E-state index >= 15 is 0 Å². The molecule has 0 heterocycles. The van der Waals surface area contributed by atoms with Crippen molar-refractivity contribution < 1.29 is 9.59 Å². The largest absolute Gasteiger partial charge is 0.352 e. The zero-order valence-electron chi connectivity index (χ0n) is 9.61. The molecule has 0 aliphatic carbocycles. The van der Waals surface area contributed by atoms with Crippen LogP contribution in [0.15, 0.2) is 30.3 Å². The van der Waals surface area contributed by atoms with Gasteiger partial charge in [-0.15, -0.1) is 0 Å². The molecule has 0 bridgehead atoms. The summed E-state index contributed by atoms with van der Waals surface area (Å²) in [6.45, 7) is 0.517. The number of hydrogen-bond acceptors (Lipinski definition) is 3. The summed E-state index contributed by atoms with van der Waals surface area (Å²) < 4.78 is 0. The molecule has 5 nitrogen and oxygen atoms in total. The maximum absolute atomic E-state index is 11.4. The van der Waals surface area contributed by atoms with Gasteiger partial charge in [0.15, 0.2) is 0 Å². The number of nitrogens with one attached hydrogen (secondary N) is 2. The third-order valence-electron chi connectivity index (χ3n) is 2.30. The van der Waals surface area contributed by atoms with Crippen LogP contribution in [0, 0.1) is 0 Å². The van der Waals surface area contributed by atoms with Crippen LogP contribution in [-0.2, 0) is 16.1 Å². The van der Waals surface area contributed by atoms with Gasteiger partial charge in [-0.25, -0.2) is 5.84 Å². The molecule has 0 aliphatic heterocycles. The summed E-state index contributed by atoms with van der Waals surface area (Å²) in [4.78, 5) is 22.2. The van der Waals surface area contributed by atoms with E-state index in [1.54, 1.807) is 0 Å². The van der Waals surface area contributed by atoms with Crippen LogP contribution >= 0.6 is 0 Å². The van der Waals surface area contributed by atoms with E-state index in [1.807, 2.05) is 35.8 Å². The van der Waals surface area contributed by atoms with Gasteiger partial charge in [0.05, 0.1) is 0 Å². The maximum atomic E-state index is 11.4. The van der Waals surface area contributed by atoms with Gasteiger partial charge in [0.25, 0.3) is 0 Å². The molecule has 0 radical (unpaired) electrons. The minimum atomic E-state index is -0.249. The zero-order valence-corrected chi connectivity index (χ0v) is 9.61. The number of hydrazine groups is 1. The average molecular weight is 235 g/mol. The van der Waals surface area contributed by atoms with Crippen LogP contribution < -0.4 is 16.6 Å². The van der Waals surface area contributed by atoms with Crippen LogP contribution in [0.5, 0.6) is 0 Å². The monoisotopic (exact) mass is 235 g/mol. The number of rotatable bonds is 6. The van der Waals surface area contributed by atoms with E-state index in [1.165, 1.54) is 0 Å². The fourth-order valence-corrected chi connectivity index (χ4v) is 1.37. The third-order valence-corrected chi connectivity index (χ3v) is 2.30. The predicted molar refractivity (Wildman–Crippen MR) is 64.5 cm³/mol. The first-order valence-corrected chi connectivity index (χ1v) is 5.52. The molecular weight excluding hydrogens is 218 g/mol. The molecule has 5 heteroatoms. The molecule has 1 rings (SSSR count). The first kappa shape index (κ1) is 13.2. The molecule has 1 aromatic rings. The third kappa shape index (κ3) is 5.67. The SMILES string of the molecule is NNC(=O)CCCC(=O)NCc1ccccc1. The van der Waals surface area contributed by atoms with Crippen LogP contribution in [-0.4, -0.2) is 11.8 Å². The van der Waals surface area contributed by atoms with Gasteiger partial charge in [-0.3, -0.25) is 15.0 Å². The van der Waals surface area contributed by atoms with Gasteiger partial charge in [-0.2, -0.15) is 0 Å². The van der Waals surface area contributed by atoms with Crippen molar-refractivity contribution in [2.75, 3.05) is 0 Å². The molecule has 0 spiro atoms. The van der Waals surface area contributed by atoms with E-state index in [4.69, 9.17) is 5.84 Å². The number of benzene rings is 1. The topological polar surface area (TPSA) is 84.2 Å². The number of nitrogens with two attached hydrogens (primary N) is 1. The summed E-state index contributed by atoms with van der Waals surface area (Å²) in [6, 6.07) is 9.67. The lowest BCUT2D eigenvalue weighted by molar-refractivity contribution is -0.122. The summed E-state index contributed by atoms with van der Waals surface area (Å²) in [5.41, 5.74) is 3.08. The fourth-order valence-electron chi connectivity index (χ4n) is 1.37. The molecular formula is C12H17N3O2. The lowest BCUT2D eigenvalue weighted by Gasteiger charge is -2.04. The molecule has 92 valence electrons. The van der Waals surface area contributed by atoms with Gasteiger partial charge in [0.1, 0.15) is 0 Å². The highest BCUT2D eigenvalue weighted by Crippen LogP contribution is 1.99. The lowest BCUT2D eigenvalue weighted by Crippen LogP contribution is -2.30. The number of carbonyl (C=O) groups is 2. The van der Waals surface area contributed by atoms with Crippen molar-refractivity contribution in [1.82, 2.24) is 10.7 Å². The molecule has 0 aliphatic rings. The predicted octanol–water partition coefficient (Wildman–Crippen LogP) is 0.463. The highest BCUT2D eigenvalue weighted by molar-refractivity contribution is 5.78. The first-order chi connectivity index (χ1) is 8.22. The molecule has 1 aromatic carbocycles. The van der Waals surface area contributed by atoms with Gasteiger partial charge in [-0.1, -0.05) is 30.3 Å². The van der Waals surface area contributed by atoms with Crippen molar-refractivity contribution in [3.8, 4) is 0 Å². The second kappa shape index (κ2) is 7.40. The Balaban J connectivity index is 2.16. The Labute approximate surface area is 100 Å². The van der Waals surface area contributed by atoms with Gasteiger partial charge in [0.2, 0.25) is 11.8 Å². The van der Waals surface area contributed by atoms with E-state index in [0.717, 1.165) is 5.56 Å². The molecule has 4 N–H and O–H groups in total. The number of carbonyl (C=O) groups excluding carboxylic acids is 2. The summed E-state index contributed by atoms with van der Waals surface area (Å²) in [7, 11) is 0. The summed E-state index contributed by atoms with van der Waals surface area (Å²) >= 11 is 0. The highest BCUT2D eigenvalue weighted by Gasteiger charge is 2.03. The quantitative estimate of drug-likeness (QED) is 0.380. The molecule has 0 unspecified atom stereocenters. The normalized spacial score (nSPS) is 9.71. The smallest absolute Gasteiger partial charge is 0.233 e. The molecule has 0 saturated heterocycles. The second-order valence-corrected chi connectivity index (χ2v) is 3.68. The van der Waals surface area contributed by atoms with Crippen molar-refractivity contribution in [2.45, 2.75) is 25.8 Å². The van der Waals surface area contributed by atoms with Gasteiger partial charge >= 0.3 is 0 Å². The van der Waals surface area contributed by atoms with Crippen molar-refractivity contribution >= 4 is 11.8 Å². The molecule has 0 saturated carbocycles. The minimum absolute atomic E-state index is 0.0568. The van der Waals surface area contributed by atoms with E-state index in [2.05, 4.69) is 5.32 Å². The minimum Gasteiger partial charge on any atom is -0.352 e. The molecule has 0 atom stereocenters. The standard InChI is InChI=1S/C12H17N3O2/c13-15-12(17)8-4-7-11(16)14-9-10-5-2-1-3-6-10/h1-3,5-6H,4,7-9,13H2,(H,14,16)(H,15,17). The van der Waals surface area contributed by atoms with Crippen molar-refractivity contribution in [1.29, 1.82) is 0 Å². The van der Waals surface area contributed by atoms with Crippen LogP contribution in [0.3, 0.4) is 0 Å². The Kier molecular flexibility index (Phi) is 5.74. The summed E-state index contributed by atoms with van der Waals surface area (Å²) in [5.74, 6) is 4.62.